The Hall–Kier alpha value is -0.410. The Bertz CT molecular complexity index is 286. The highest BCUT2D eigenvalue weighted by molar-refractivity contribution is 9.10. The van der Waals surface area contributed by atoms with Crippen molar-refractivity contribution in [1.29, 1.82) is 0 Å². The quantitative estimate of drug-likeness (QED) is 0.900. The van der Waals surface area contributed by atoms with Gasteiger partial charge in [0.05, 0.1) is 0 Å². The molecule has 0 radical (unpaired) electrons. The molecule has 0 spiro atoms. The van der Waals surface area contributed by atoms with Crippen molar-refractivity contribution in [3.05, 3.63) is 28.5 Å². The lowest BCUT2D eigenvalue weighted by molar-refractivity contribution is 0.479. The zero-order valence-electron chi connectivity index (χ0n) is 8.70. The van der Waals surface area contributed by atoms with Gasteiger partial charge in [0.15, 0.2) is 0 Å². The second kappa shape index (κ2) is 5.47. The third-order valence-corrected chi connectivity index (χ3v) is 2.55. The molecule has 0 amide bonds. The highest BCUT2D eigenvalue weighted by atomic mass is 79.9. The predicted molar refractivity (Wildman–Crippen MR) is 63.1 cm³/mol. The van der Waals surface area contributed by atoms with Gasteiger partial charge < -0.3 is 5.73 Å². The van der Waals surface area contributed by atoms with Crippen molar-refractivity contribution in [3.8, 4) is 0 Å². The summed E-state index contributed by atoms with van der Waals surface area (Å²) in [4.78, 5) is 4.14. The van der Waals surface area contributed by atoms with Crippen molar-refractivity contribution in [2.24, 2.45) is 11.7 Å². The average molecular weight is 257 g/mol. The van der Waals surface area contributed by atoms with Crippen molar-refractivity contribution in [1.82, 2.24) is 4.98 Å². The molecule has 0 aromatic carbocycles. The van der Waals surface area contributed by atoms with Crippen molar-refractivity contribution in [3.63, 3.8) is 0 Å². The van der Waals surface area contributed by atoms with Crippen LogP contribution < -0.4 is 5.73 Å². The molecular formula is C11H17BrN2. The smallest absolute Gasteiger partial charge is 0.0410 e. The van der Waals surface area contributed by atoms with Crippen LogP contribution >= 0.6 is 15.9 Å². The van der Waals surface area contributed by atoms with E-state index in [1.165, 1.54) is 5.56 Å². The second-order valence-corrected chi connectivity index (χ2v) is 4.95. The van der Waals surface area contributed by atoms with E-state index in [4.69, 9.17) is 5.73 Å². The van der Waals surface area contributed by atoms with Gasteiger partial charge in [-0.25, -0.2) is 0 Å². The van der Waals surface area contributed by atoms with Crippen LogP contribution in [0.2, 0.25) is 0 Å². The Kier molecular flexibility index (Phi) is 4.55. The van der Waals surface area contributed by atoms with Gasteiger partial charge in [0.1, 0.15) is 0 Å². The van der Waals surface area contributed by atoms with Crippen molar-refractivity contribution < 1.29 is 0 Å². The molecule has 1 aromatic rings. The summed E-state index contributed by atoms with van der Waals surface area (Å²) >= 11 is 3.42. The van der Waals surface area contributed by atoms with E-state index in [-0.39, 0.29) is 6.04 Å². The minimum absolute atomic E-state index is 0.283. The van der Waals surface area contributed by atoms with E-state index in [1.807, 2.05) is 6.20 Å². The van der Waals surface area contributed by atoms with Gasteiger partial charge in [0, 0.05) is 22.9 Å². The number of hydrogen-bond donors (Lipinski definition) is 1. The summed E-state index contributed by atoms with van der Waals surface area (Å²) in [5, 5.41) is 0. The Morgan fingerprint density at radius 1 is 1.43 bits per heavy atom. The summed E-state index contributed by atoms with van der Waals surface area (Å²) in [5.41, 5.74) is 7.02. The summed E-state index contributed by atoms with van der Waals surface area (Å²) in [6.07, 6.45) is 5.84. The summed E-state index contributed by atoms with van der Waals surface area (Å²) in [6.45, 7) is 4.28. The SMILES string of the molecule is CC(N)CC(C)Cc1cncc(Br)c1. The fourth-order valence-electron chi connectivity index (χ4n) is 1.69. The lowest BCUT2D eigenvalue weighted by Gasteiger charge is -2.13. The van der Waals surface area contributed by atoms with Gasteiger partial charge in [-0.2, -0.15) is 0 Å². The topological polar surface area (TPSA) is 38.9 Å². The van der Waals surface area contributed by atoms with Crippen LogP contribution in [-0.2, 0) is 6.42 Å². The van der Waals surface area contributed by atoms with Gasteiger partial charge in [0.25, 0.3) is 0 Å². The third-order valence-electron chi connectivity index (χ3n) is 2.12. The van der Waals surface area contributed by atoms with Gasteiger partial charge in [-0.15, -0.1) is 0 Å². The molecule has 1 heterocycles. The zero-order valence-corrected chi connectivity index (χ0v) is 10.3. The maximum Gasteiger partial charge on any atom is 0.0410 e. The molecule has 0 saturated heterocycles. The molecule has 0 aliphatic rings. The van der Waals surface area contributed by atoms with Crippen LogP contribution in [0.4, 0.5) is 0 Å². The molecule has 2 nitrogen and oxygen atoms in total. The Labute approximate surface area is 94.0 Å². The van der Waals surface area contributed by atoms with Crippen LogP contribution in [0.3, 0.4) is 0 Å². The lowest BCUT2D eigenvalue weighted by atomic mass is 9.96. The van der Waals surface area contributed by atoms with Gasteiger partial charge in [-0.1, -0.05) is 6.92 Å². The van der Waals surface area contributed by atoms with Crippen molar-refractivity contribution in [2.75, 3.05) is 0 Å². The van der Waals surface area contributed by atoms with Crippen LogP contribution in [0.5, 0.6) is 0 Å². The van der Waals surface area contributed by atoms with Crippen LogP contribution in [0.1, 0.15) is 25.8 Å². The molecule has 0 bridgehead atoms. The number of rotatable bonds is 4. The molecule has 2 unspecified atom stereocenters. The maximum atomic E-state index is 5.75. The van der Waals surface area contributed by atoms with Gasteiger partial charge in [-0.05, 0) is 53.2 Å². The Morgan fingerprint density at radius 2 is 2.14 bits per heavy atom. The lowest BCUT2D eigenvalue weighted by Crippen LogP contribution is -2.19. The van der Waals surface area contributed by atoms with Gasteiger partial charge in [0.2, 0.25) is 0 Å². The molecule has 3 heteroatoms. The normalized spacial score (nSPS) is 15.1. The van der Waals surface area contributed by atoms with Crippen LogP contribution in [0.25, 0.3) is 0 Å². The number of nitrogens with zero attached hydrogens (tertiary/aromatic N) is 1. The van der Waals surface area contributed by atoms with E-state index in [1.54, 1.807) is 6.20 Å². The average Bonchev–Trinajstić information content (AvgIpc) is 2.01. The standard InChI is InChI=1S/C11H17BrN2/c1-8(3-9(2)13)4-10-5-11(12)7-14-6-10/h5-9H,3-4,13H2,1-2H3. The highest BCUT2D eigenvalue weighted by Gasteiger charge is 2.06. The molecule has 0 fully saturated rings. The van der Waals surface area contributed by atoms with Crippen molar-refractivity contribution in [2.45, 2.75) is 32.7 Å². The fourth-order valence-corrected chi connectivity index (χ4v) is 2.10. The maximum absolute atomic E-state index is 5.75. The molecule has 1 aromatic heterocycles. The number of pyridine rings is 1. The van der Waals surface area contributed by atoms with E-state index in [9.17, 15) is 0 Å². The first-order valence-corrected chi connectivity index (χ1v) is 5.72. The number of hydrogen-bond acceptors (Lipinski definition) is 2. The number of aromatic nitrogens is 1. The first kappa shape index (κ1) is 11.7. The van der Waals surface area contributed by atoms with Crippen LogP contribution in [0, 0.1) is 5.92 Å². The predicted octanol–water partition coefficient (Wildman–Crippen LogP) is 2.76. The summed E-state index contributed by atoms with van der Waals surface area (Å²) in [6, 6.07) is 2.40. The monoisotopic (exact) mass is 256 g/mol. The van der Waals surface area contributed by atoms with Crippen molar-refractivity contribution >= 4 is 15.9 Å². The van der Waals surface area contributed by atoms with Gasteiger partial charge >= 0.3 is 0 Å². The highest BCUT2D eigenvalue weighted by Crippen LogP contribution is 2.15. The molecule has 14 heavy (non-hydrogen) atoms. The van der Waals surface area contributed by atoms with E-state index in [0.29, 0.717) is 5.92 Å². The molecule has 1 rings (SSSR count). The molecule has 78 valence electrons. The largest absolute Gasteiger partial charge is 0.328 e. The molecule has 2 N–H and O–H groups in total. The summed E-state index contributed by atoms with van der Waals surface area (Å²) in [7, 11) is 0. The Balaban J connectivity index is 2.51. The van der Waals surface area contributed by atoms with E-state index in [2.05, 4.69) is 40.8 Å². The number of nitrogens with two attached hydrogens (primary N) is 1. The minimum Gasteiger partial charge on any atom is -0.328 e. The molecule has 0 aliphatic carbocycles. The summed E-state index contributed by atoms with van der Waals surface area (Å²) < 4.78 is 1.04. The van der Waals surface area contributed by atoms with Crippen LogP contribution in [-0.4, -0.2) is 11.0 Å². The van der Waals surface area contributed by atoms with Crippen LogP contribution in [0.15, 0.2) is 22.9 Å². The molecule has 0 saturated carbocycles. The molecule has 2 atom stereocenters. The number of halogens is 1. The summed E-state index contributed by atoms with van der Waals surface area (Å²) in [5.74, 6) is 0.617. The third kappa shape index (κ3) is 4.20. The first-order chi connectivity index (χ1) is 6.58. The van der Waals surface area contributed by atoms with Gasteiger partial charge in [-0.3, -0.25) is 4.98 Å². The zero-order chi connectivity index (χ0) is 10.6. The fraction of sp³-hybridized carbons (Fsp3) is 0.545. The molecular weight excluding hydrogens is 240 g/mol. The Morgan fingerprint density at radius 3 is 2.71 bits per heavy atom. The molecule has 0 aliphatic heterocycles. The van der Waals surface area contributed by atoms with E-state index in [0.717, 1.165) is 17.3 Å². The second-order valence-electron chi connectivity index (χ2n) is 4.03. The van der Waals surface area contributed by atoms with E-state index < -0.39 is 0 Å². The first-order valence-electron chi connectivity index (χ1n) is 4.93. The minimum atomic E-state index is 0.283. The van der Waals surface area contributed by atoms with E-state index >= 15 is 0 Å².